The van der Waals surface area contributed by atoms with Crippen molar-refractivity contribution in [1.29, 1.82) is 0 Å². The van der Waals surface area contributed by atoms with Crippen molar-refractivity contribution < 1.29 is 9.47 Å². The minimum Gasteiger partial charge on any atom is -0.490 e. The number of hydrogen-bond acceptors (Lipinski definition) is 5. The van der Waals surface area contributed by atoms with Crippen molar-refractivity contribution in [2.45, 2.75) is 58.0 Å². The molecule has 0 amide bonds. The van der Waals surface area contributed by atoms with Crippen LogP contribution >= 0.6 is 0 Å². The fourth-order valence-corrected chi connectivity index (χ4v) is 5.22. The predicted octanol–water partition coefficient (Wildman–Crippen LogP) is 7.03. The van der Waals surface area contributed by atoms with Crippen LogP contribution in [0.3, 0.4) is 0 Å². The smallest absolute Gasteiger partial charge is 0.282 e. The van der Waals surface area contributed by atoms with E-state index >= 15 is 0 Å². The fraction of sp³-hybridized carbons (Fsp3) is 0.303. The van der Waals surface area contributed by atoms with E-state index in [9.17, 15) is 4.79 Å². The van der Waals surface area contributed by atoms with Gasteiger partial charge in [-0.25, -0.2) is 4.98 Å². The molecule has 3 aromatic carbocycles. The van der Waals surface area contributed by atoms with Crippen LogP contribution < -0.4 is 15.0 Å². The summed E-state index contributed by atoms with van der Waals surface area (Å²) in [5.41, 5.74) is 3.42. The van der Waals surface area contributed by atoms with Crippen molar-refractivity contribution in [3.8, 4) is 11.5 Å². The molecule has 0 unspecified atom stereocenters. The lowest BCUT2D eigenvalue weighted by atomic mass is 9.88. The zero-order valence-electron chi connectivity index (χ0n) is 22.5. The summed E-state index contributed by atoms with van der Waals surface area (Å²) in [4.78, 5) is 18.5. The Balaban J connectivity index is 1.54. The van der Waals surface area contributed by atoms with Gasteiger partial charge >= 0.3 is 0 Å². The van der Waals surface area contributed by atoms with Crippen molar-refractivity contribution in [2.75, 3.05) is 6.61 Å². The van der Waals surface area contributed by atoms with E-state index < -0.39 is 0 Å². The first-order valence-corrected chi connectivity index (χ1v) is 13.8. The van der Waals surface area contributed by atoms with Gasteiger partial charge < -0.3 is 9.47 Å². The first-order chi connectivity index (χ1) is 19.2. The van der Waals surface area contributed by atoms with Crippen LogP contribution in [0.1, 0.15) is 67.5 Å². The van der Waals surface area contributed by atoms with Crippen LogP contribution in [0.5, 0.6) is 11.5 Å². The number of ether oxygens (including phenoxy) is 2. The quantitative estimate of drug-likeness (QED) is 0.166. The van der Waals surface area contributed by atoms with Gasteiger partial charge in [0, 0.05) is 11.5 Å². The Morgan fingerprint density at radius 2 is 1.79 bits per heavy atom. The maximum absolute atomic E-state index is 13.6. The molecule has 6 heteroatoms. The Kier molecular flexibility index (Phi) is 8.51. The second kappa shape index (κ2) is 12.6. The van der Waals surface area contributed by atoms with Crippen LogP contribution in [0, 0.1) is 0 Å². The van der Waals surface area contributed by atoms with Gasteiger partial charge in [-0.1, -0.05) is 67.8 Å². The molecule has 1 aromatic heterocycles. The molecule has 1 saturated carbocycles. The first kappa shape index (κ1) is 26.4. The number of hydrogen-bond donors (Lipinski definition) is 0. The Hall–Kier alpha value is -4.19. The Bertz CT molecular complexity index is 1520. The standard InChI is InChI=1S/C33H35N3O3/c1-3-13-27-20-25(21-30(38-4-2)31(27)39-23-24-14-7-5-8-15-24)22-34-36-32(26-16-9-6-10-17-26)35-29-19-12-11-18-28(29)33(36)37/h3,5,7-8,11-12,14-15,18-22,26H,1,4,6,9-10,13,16-17,23H2,2H3. The van der Waals surface area contributed by atoms with E-state index in [0.29, 0.717) is 36.5 Å². The zero-order chi connectivity index (χ0) is 27.0. The van der Waals surface area contributed by atoms with Crippen LogP contribution in [0.15, 0.2) is 89.3 Å². The molecule has 4 aromatic rings. The summed E-state index contributed by atoms with van der Waals surface area (Å²) in [6, 6.07) is 21.5. The molecule has 0 N–H and O–H groups in total. The minimum absolute atomic E-state index is 0.142. The van der Waals surface area contributed by atoms with Crippen molar-refractivity contribution in [1.82, 2.24) is 9.66 Å². The molecular weight excluding hydrogens is 486 g/mol. The van der Waals surface area contributed by atoms with Crippen LogP contribution in [0.25, 0.3) is 10.9 Å². The number of benzene rings is 3. The third-order valence-electron chi connectivity index (χ3n) is 7.12. The highest BCUT2D eigenvalue weighted by molar-refractivity contribution is 5.82. The summed E-state index contributed by atoms with van der Waals surface area (Å²) < 4.78 is 13.8. The number of aromatic nitrogens is 2. The molecule has 0 atom stereocenters. The van der Waals surface area contributed by atoms with Crippen LogP contribution in [0.2, 0.25) is 0 Å². The molecule has 5 rings (SSSR count). The summed E-state index contributed by atoms with van der Waals surface area (Å²) in [6.45, 7) is 6.81. The van der Waals surface area contributed by atoms with E-state index in [1.165, 1.54) is 11.1 Å². The third-order valence-corrected chi connectivity index (χ3v) is 7.12. The van der Waals surface area contributed by atoms with Crippen LogP contribution in [0.4, 0.5) is 0 Å². The van der Waals surface area contributed by atoms with Crippen molar-refractivity contribution in [3.63, 3.8) is 0 Å². The highest BCUT2D eigenvalue weighted by atomic mass is 16.5. The molecular formula is C33H35N3O3. The topological polar surface area (TPSA) is 65.7 Å². The van der Waals surface area contributed by atoms with Crippen molar-refractivity contribution >= 4 is 17.1 Å². The average Bonchev–Trinajstić information content (AvgIpc) is 2.97. The monoisotopic (exact) mass is 521 g/mol. The van der Waals surface area contributed by atoms with Gasteiger partial charge in [0.25, 0.3) is 5.56 Å². The summed E-state index contributed by atoms with van der Waals surface area (Å²) in [7, 11) is 0. The largest absolute Gasteiger partial charge is 0.490 e. The molecule has 0 saturated heterocycles. The molecule has 0 radical (unpaired) electrons. The summed E-state index contributed by atoms with van der Waals surface area (Å²) in [6.07, 6.45) is 9.73. The van der Waals surface area contributed by atoms with Crippen molar-refractivity contribution in [3.05, 3.63) is 112 Å². The fourth-order valence-electron chi connectivity index (χ4n) is 5.22. The van der Waals surface area contributed by atoms with Crippen LogP contribution in [-0.2, 0) is 13.0 Å². The van der Waals surface area contributed by atoms with E-state index in [0.717, 1.165) is 53.7 Å². The van der Waals surface area contributed by atoms with Gasteiger partial charge in [0.2, 0.25) is 0 Å². The first-order valence-electron chi connectivity index (χ1n) is 13.8. The van der Waals surface area contributed by atoms with E-state index in [1.54, 1.807) is 6.21 Å². The molecule has 1 aliphatic rings. The minimum atomic E-state index is -0.142. The molecule has 0 aliphatic heterocycles. The lowest BCUT2D eigenvalue weighted by Crippen LogP contribution is -2.25. The van der Waals surface area contributed by atoms with Gasteiger partial charge in [-0.2, -0.15) is 9.78 Å². The second-order valence-corrected chi connectivity index (χ2v) is 9.89. The van der Waals surface area contributed by atoms with Gasteiger partial charge in [0.15, 0.2) is 11.5 Å². The van der Waals surface area contributed by atoms with E-state index in [1.807, 2.05) is 79.7 Å². The molecule has 1 aliphatic carbocycles. The van der Waals surface area contributed by atoms with E-state index in [4.69, 9.17) is 19.6 Å². The molecule has 200 valence electrons. The number of fused-ring (bicyclic) bond motifs is 1. The molecule has 6 nitrogen and oxygen atoms in total. The number of rotatable bonds is 10. The summed E-state index contributed by atoms with van der Waals surface area (Å²) >= 11 is 0. The van der Waals surface area contributed by atoms with E-state index in [2.05, 4.69) is 6.58 Å². The molecule has 1 heterocycles. The number of allylic oxidation sites excluding steroid dienone is 1. The summed E-state index contributed by atoms with van der Waals surface area (Å²) in [5, 5.41) is 5.29. The number of para-hydroxylation sites is 1. The Morgan fingerprint density at radius 1 is 1.03 bits per heavy atom. The normalized spacial score (nSPS) is 14.1. The van der Waals surface area contributed by atoms with Gasteiger partial charge in [0.05, 0.1) is 23.7 Å². The average molecular weight is 522 g/mol. The Labute approximate surface area is 229 Å². The second-order valence-electron chi connectivity index (χ2n) is 9.89. The van der Waals surface area contributed by atoms with Crippen LogP contribution in [-0.4, -0.2) is 22.5 Å². The number of nitrogens with zero attached hydrogens (tertiary/aromatic N) is 3. The maximum Gasteiger partial charge on any atom is 0.282 e. The SMILES string of the molecule is C=CCc1cc(C=Nn2c(C3CCCCC3)nc3ccccc3c2=O)cc(OCC)c1OCc1ccccc1. The molecule has 0 spiro atoms. The van der Waals surface area contributed by atoms with Gasteiger partial charge in [-0.05, 0) is 61.6 Å². The maximum atomic E-state index is 13.6. The highest BCUT2D eigenvalue weighted by Gasteiger charge is 2.22. The summed E-state index contributed by atoms with van der Waals surface area (Å²) in [5.74, 6) is 2.31. The highest BCUT2D eigenvalue weighted by Crippen LogP contribution is 2.35. The lowest BCUT2D eigenvalue weighted by Gasteiger charge is -2.22. The van der Waals surface area contributed by atoms with Gasteiger partial charge in [0.1, 0.15) is 12.4 Å². The van der Waals surface area contributed by atoms with Gasteiger partial charge in [-0.15, -0.1) is 6.58 Å². The van der Waals surface area contributed by atoms with E-state index in [-0.39, 0.29) is 11.5 Å². The van der Waals surface area contributed by atoms with Gasteiger partial charge in [-0.3, -0.25) is 4.79 Å². The lowest BCUT2D eigenvalue weighted by molar-refractivity contribution is 0.267. The Morgan fingerprint density at radius 3 is 2.56 bits per heavy atom. The predicted molar refractivity (Wildman–Crippen MR) is 157 cm³/mol. The zero-order valence-corrected chi connectivity index (χ0v) is 22.5. The van der Waals surface area contributed by atoms with Crippen molar-refractivity contribution in [2.24, 2.45) is 5.10 Å². The molecule has 1 fully saturated rings. The third kappa shape index (κ3) is 6.11. The molecule has 0 bridgehead atoms. The molecule has 39 heavy (non-hydrogen) atoms.